The highest BCUT2D eigenvalue weighted by atomic mass is 35.5. The third-order valence-electron chi connectivity index (χ3n) is 3.28. The fourth-order valence-electron chi connectivity index (χ4n) is 2.37. The van der Waals surface area contributed by atoms with Crippen LogP contribution in [0, 0.1) is 0 Å². The molecule has 0 amide bonds. The molecule has 0 spiro atoms. The molecule has 3 heterocycles. The van der Waals surface area contributed by atoms with Crippen molar-refractivity contribution in [3.05, 3.63) is 28.1 Å². The van der Waals surface area contributed by atoms with Crippen LogP contribution in [0.2, 0.25) is 10.2 Å². The van der Waals surface area contributed by atoms with Crippen molar-refractivity contribution >= 4 is 34.3 Å². The summed E-state index contributed by atoms with van der Waals surface area (Å²) in [5.74, 6) is 0.950. The summed E-state index contributed by atoms with van der Waals surface area (Å²) in [6.45, 7) is 1.11. The predicted octanol–water partition coefficient (Wildman–Crippen LogP) is 3.90. The molecule has 2 aromatic rings. The van der Waals surface area contributed by atoms with E-state index in [1.807, 2.05) is 6.07 Å². The Kier molecular flexibility index (Phi) is 2.77. The molecule has 3 nitrogen and oxygen atoms in total. The molecule has 0 unspecified atom stereocenters. The number of rotatable bonds is 1. The number of aromatic nitrogens is 1. The summed E-state index contributed by atoms with van der Waals surface area (Å²) in [6, 6.07) is 4.04. The van der Waals surface area contributed by atoms with Crippen molar-refractivity contribution in [2.45, 2.75) is 18.9 Å². The smallest absolute Gasteiger partial charge is 0.154 e. The molecular formula is C12H12Cl2N2O. The largest absolute Gasteiger partial charge is 0.458 e. The normalized spacial score (nSPS) is 21.5. The highest BCUT2D eigenvalue weighted by Gasteiger charge is 2.26. The molecule has 1 fully saturated rings. The topological polar surface area (TPSA) is 29.3 Å². The van der Waals surface area contributed by atoms with Crippen LogP contribution < -0.4 is 0 Å². The Labute approximate surface area is 109 Å². The first-order valence-electron chi connectivity index (χ1n) is 5.61. The minimum atomic E-state index is 0.325. The van der Waals surface area contributed by atoms with Gasteiger partial charge >= 0.3 is 0 Å². The minimum Gasteiger partial charge on any atom is -0.458 e. The molecule has 1 aliphatic heterocycles. The molecule has 0 radical (unpaired) electrons. The Bertz CT molecular complexity index is 528. The number of fused-ring (bicyclic) bond motifs is 1. The van der Waals surface area contributed by atoms with E-state index in [-0.39, 0.29) is 0 Å². The number of hydrogen-bond acceptors (Lipinski definition) is 3. The third kappa shape index (κ3) is 1.92. The molecule has 2 aromatic heterocycles. The van der Waals surface area contributed by atoms with E-state index in [0.29, 0.717) is 21.8 Å². The monoisotopic (exact) mass is 270 g/mol. The van der Waals surface area contributed by atoms with E-state index in [9.17, 15) is 0 Å². The van der Waals surface area contributed by atoms with Crippen molar-refractivity contribution in [2.75, 3.05) is 13.6 Å². The van der Waals surface area contributed by atoms with Gasteiger partial charge in [0.15, 0.2) is 5.58 Å². The zero-order chi connectivity index (χ0) is 12.0. The van der Waals surface area contributed by atoms with Gasteiger partial charge in [-0.05, 0) is 26.4 Å². The summed E-state index contributed by atoms with van der Waals surface area (Å²) in [4.78, 5) is 6.51. The number of hydrogen-bond donors (Lipinski definition) is 0. The molecule has 1 aliphatic rings. The molecular weight excluding hydrogens is 259 g/mol. The highest BCUT2D eigenvalue weighted by molar-refractivity contribution is 6.41. The van der Waals surface area contributed by atoms with Gasteiger partial charge in [0, 0.05) is 12.1 Å². The van der Waals surface area contributed by atoms with E-state index in [4.69, 9.17) is 27.6 Å². The van der Waals surface area contributed by atoms with Crippen LogP contribution in [0.15, 0.2) is 16.5 Å². The molecule has 1 saturated heterocycles. The zero-order valence-electron chi connectivity index (χ0n) is 9.41. The van der Waals surface area contributed by atoms with E-state index in [1.165, 1.54) is 6.42 Å². The van der Waals surface area contributed by atoms with Crippen molar-refractivity contribution in [1.82, 2.24) is 9.88 Å². The Balaban J connectivity index is 2.07. The summed E-state index contributed by atoms with van der Waals surface area (Å²) in [5, 5.41) is 0.756. The lowest BCUT2D eigenvalue weighted by molar-refractivity contribution is 0.281. The number of halogens is 2. The molecule has 1 atom stereocenters. The molecule has 0 saturated carbocycles. The maximum Gasteiger partial charge on any atom is 0.154 e. The van der Waals surface area contributed by atoms with E-state index >= 15 is 0 Å². The van der Waals surface area contributed by atoms with Crippen LogP contribution >= 0.6 is 23.2 Å². The standard InChI is InChI=1S/C12H12Cl2N2O/c1-16-4-2-3-9(16)11-6-8-10(17-11)5-7(13)12(14)15-8/h5-6,9H,2-4H2,1H3/t9-/m1/s1. The molecule has 0 bridgehead atoms. The van der Waals surface area contributed by atoms with Gasteiger partial charge in [-0.2, -0.15) is 0 Å². The van der Waals surface area contributed by atoms with Crippen molar-refractivity contribution in [3.8, 4) is 0 Å². The van der Waals surface area contributed by atoms with Crippen LogP contribution in [-0.2, 0) is 0 Å². The van der Waals surface area contributed by atoms with E-state index in [0.717, 1.165) is 24.2 Å². The second kappa shape index (κ2) is 4.16. The van der Waals surface area contributed by atoms with Crippen LogP contribution in [0.4, 0.5) is 0 Å². The zero-order valence-corrected chi connectivity index (χ0v) is 10.9. The van der Waals surface area contributed by atoms with Gasteiger partial charge in [0.25, 0.3) is 0 Å². The predicted molar refractivity (Wildman–Crippen MR) is 68.6 cm³/mol. The number of furan rings is 1. The van der Waals surface area contributed by atoms with E-state index < -0.39 is 0 Å². The Morgan fingerprint density at radius 3 is 2.94 bits per heavy atom. The average Bonchev–Trinajstić information content (AvgIpc) is 2.85. The summed E-state index contributed by atoms with van der Waals surface area (Å²) < 4.78 is 5.81. The van der Waals surface area contributed by atoms with Crippen molar-refractivity contribution in [2.24, 2.45) is 0 Å². The van der Waals surface area contributed by atoms with E-state index in [2.05, 4.69) is 16.9 Å². The molecule has 3 rings (SSSR count). The Morgan fingerprint density at radius 2 is 2.24 bits per heavy atom. The molecule has 0 aliphatic carbocycles. The Morgan fingerprint density at radius 1 is 1.41 bits per heavy atom. The fraction of sp³-hybridized carbons (Fsp3) is 0.417. The number of nitrogens with zero attached hydrogens (tertiary/aromatic N) is 2. The lowest BCUT2D eigenvalue weighted by Crippen LogP contribution is -2.16. The van der Waals surface area contributed by atoms with Gasteiger partial charge in [-0.25, -0.2) is 4.98 Å². The van der Waals surface area contributed by atoms with E-state index in [1.54, 1.807) is 6.07 Å². The van der Waals surface area contributed by atoms with Gasteiger partial charge < -0.3 is 4.42 Å². The van der Waals surface area contributed by atoms with Gasteiger partial charge in [-0.3, -0.25) is 4.90 Å². The summed E-state index contributed by atoms with van der Waals surface area (Å²) >= 11 is 11.8. The molecule has 17 heavy (non-hydrogen) atoms. The summed E-state index contributed by atoms with van der Waals surface area (Å²) in [7, 11) is 2.11. The minimum absolute atomic E-state index is 0.325. The molecule has 0 aromatic carbocycles. The molecule has 5 heteroatoms. The highest BCUT2D eigenvalue weighted by Crippen LogP contribution is 2.35. The lowest BCUT2D eigenvalue weighted by Gasteiger charge is -2.16. The second-order valence-electron chi connectivity index (χ2n) is 4.43. The van der Waals surface area contributed by atoms with Crippen LogP contribution in [0.1, 0.15) is 24.6 Å². The van der Waals surface area contributed by atoms with Gasteiger partial charge in [0.1, 0.15) is 16.4 Å². The molecule has 90 valence electrons. The maximum absolute atomic E-state index is 5.92. The Hall–Kier alpha value is -0.770. The van der Waals surface area contributed by atoms with Crippen molar-refractivity contribution in [1.29, 1.82) is 0 Å². The van der Waals surface area contributed by atoms with Crippen molar-refractivity contribution < 1.29 is 4.42 Å². The van der Waals surface area contributed by atoms with Crippen LogP contribution in [0.25, 0.3) is 11.1 Å². The quantitative estimate of drug-likeness (QED) is 0.736. The number of likely N-dealkylation sites (tertiary alicyclic amines) is 1. The van der Waals surface area contributed by atoms with Crippen LogP contribution in [-0.4, -0.2) is 23.5 Å². The first kappa shape index (κ1) is 11.3. The van der Waals surface area contributed by atoms with Gasteiger partial charge in [-0.1, -0.05) is 23.2 Å². The van der Waals surface area contributed by atoms with Gasteiger partial charge in [0.2, 0.25) is 0 Å². The first-order chi connectivity index (χ1) is 8.15. The third-order valence-corrected chi connectivity index (χ3v) is 3.95. The van der Waals surface area contributed by atoms with Gasteiger partial charge in [0.05, 0.1) is 11.1 Å². The van der Waals surface area contributed by atoms with Crippen LogP contribution in [0.5, 0.6) is 0 Å². The average molecular weight is 271 g/mol. The van der Waals surface area contributed by atoms with Crippen molar-refractivity contribution in [3.63, 3.8) is 0 Å². The second-order valence-corrected chi connectivity index (χ2v) is 5.20. The number of pyridine rings is 1. The van der Waals surface area contributed by atoms with Crippen LogP contribution in [0.3, 0.4) is 0 Å². The lowest BCUT2D eigenvalue weighted by atomic mass is 10.2. The first-order valence-corrected chi connectivity index (χ1v) is 6.36. The summed E-state index contributed by atoms with van der Waals surface area (Å²) in [5.41, 5.74) is 1.48. The molecule has 0 N–H and O–H groups in total. The van der Waals surface area contributed by atoms with Gasteiger partial charge in [-0.15, -0.1) is 0 Å². The maximum atomic E-state index is 5.92. The SMILES string of the molecule is CN1CCC[C@@H]1c1cc2nc(Cl)c(Cl)cc2o1. The summed E-state index contributed by atoms with van der Waals surface area (Å²) in [6.07, 6.45) is 2.32. The fourth-order valence-corrected chi connectivity index (χ4v) is 2.66.